The lowest BCUT2D eigenvalue weighted by Gasteiger charge is -2.31. The maximum absolute atomic E-state index is 10.6. The van der Waals surface area contributed by atoms with Gasteiger partial charge in [0.1, 0.15) is 4.60 Å². The smallest absolute Gasteiger partial charge is 0.110 e. The van der Waals surface area contributed by atoms with Crippen LogP contribution in [0.25, 0.3) is 0 Å². The number of nitrogens with two attached hydrogens (primary N) is 1. The van der Waals surface area contributed by atoms with Crippen LogP contribution in [-0.2, 0) is 19.1 Å². The van der Waals surface area contributed by atoms with Gasteiger partial charge in [0.05, 0.1) is 11.3 Å². The van der Waals surface area contributed by atoms with Crippen molar-refractivity contribution in [1.82, 2.24) is 9.78 Å². The summed E-state index contributed by atoms with van der Waals surface area (Å²) in [5, 5.41) is 15.0. The molecule has 1 atom stereocenters. The average Bonchev–Trinajstić information content (AvgIpc) is 2.44. The molecule has 84 valence electrons. The first-order valence-corrected chi connectivity index (χ1v) is 6.02. The Hall–Kier alpha value is -0.390. The average molecular weight is 274 g/mol. The molecule has 1 heterocycles. The molecule has 0 bridgehead atoms. The standard InChI is InChI=1S/C10H16BrN3O/c1-14-9(11)8-7(13-14)3-2-4-10(8,15)5-6-12/h15H,2-6,12H2,1H3. The largest absolute Gasteiger partial charge is 0.385 e. The minimum Gasteiger partial charge on any atom is -0.385 e. The predicted octanol–water partition coefficient (Wildman–Crippen LogP) is 1.06. The first kappa shape index (κ1) is 11.1. The fourth-order valence-corrected chi connectivity index (χ4v) is 3.03. The van der Waals surface area contributed by atoms with Gasteiger partial charge in [-0.3, -0.25) is 4.68 Å². The van der Waals surface area contributed by atoms with Crippen molar-refractivity contribution in [2.45, 2.75) is 31.3 Å². The van der Waals surface area contributed by atoms with Crippen molar-refractivity contribution in [2.24, 2.45) is 12.8 Å². The Bertz CT molecular complexity index is 377. The van der Waals surface area contributed by atoms with Crippen LogP contribution in [0.4, 0.5) is 0 Å². The highest BCUT2D eigenvalue weighted by atomic mass is 79.9. The number of fused-ring (bicyclic) bond motifs is 1. The summed E-state index contributed by atoms with van der Waals surface area (Å²) in [5.74, 6) is 0. The molecule has 1 aliphatic carbocycles. The van der Waals surface area contributed by atoms with Crippen molar-refractivity contribution in [3.05, 3.63) is 15.9 Å². The lowest BCUT2D eigenvalue weighted by atomic mass is 9.80. The van der Waals surface area contributed by atoms with Gasteiger partial charge in [-0.05, 0) is 48.2 Å². The van der Waals surface area contributed by atoms with E-state index >= 15 is 0 Å². The summed E-state index contributed by atoms with van der Waals surface area (Å²) in [5.41, 5.74) is 6.73. The normalized spacial score (nSPS) is 25.3. The second-order valence-corrected chi connectivity index (χ2v) is 4.91. The predicted molar refractivity (Wildman–Crippen MR) is 61.4 cm³/mol. The van der Waals surface area contributed by atoms with Crippen molar-refractivity contribution in [1.29, 1.82) is 0 Å². The van der Waals surface area contributed by atoms with Gasteiger partial charge in [-0.15, -0.1) is 0 Å². The fraction of sp³-hybridized carbons (Fsp3) is 0.700. The van der Waals surface area contributed by atoms with Gasteiger partial charge in [-0.2, -0.15) is 5.10 Å². The number of aromatic nitrogens is 2. The Labute approximate surface area is 97.6 Å². The Morgan fingerprint density at radius 3 is 3.07 bits per heavy atom. The quantitative estimate of drug-likeness (QED) is 0.847. The van der Waals surface area contributed by atoms with Crippen molar-refractivity contribution in [3.8, 4) is 0 Å². The Morgan fingerprint density at radius 1 is 1.67 bits per heavy atom. The van der Waals surface area contributed by atoms with E-state index in [1.165, 1.54) is 0 Å². The van der Waals surface area contributed by atoms with Crippen LogP contribution in [-0.4, -0.2) is 21.4 Å². The third-order valence-corrected chi connectivity index (χ3v) is 3.99. The molecule has 1 unspecified atom stereocenters. The second kappa shape index (κ2) is 3.88. The van der Waals surface area contributed by atoms with Gasteiger partial charge in [0.2, 0.25) is 0 Å². The highest BCUT2D eigenvalue weighted by molar-refractivity contribution is 9.10. The van der Waals surface area contributed by atoms with Gasteiger partial charge < -0.3 is 10.8 Å². The van der Waals surface area contributed by atoms with E-state index in [-0.39, 0.29) is 0 Å². The number of rotatable bonds is 2. The number of aliphatic hydroxyl groups is 1. The molecule has 4 nitrogen and oxygen atoms in total. The molecule has 15 heavy (non-hydrogen) atoms. The van der Waals surface area contributed by atoms with Gasteiger partial charge in [0.25, 0.3) is 0 Å². The molecule has 0 amide bonds. The van der Waals surface area contributed by atoms with E-state index < -0.39 is 5.60 Å². The fourth-order valence-electron chi connectivity index (χ4n) is 2.35. The molecular formula is C10H16BrN3O. The molecular weight excluding hydrogens is 258 g/mol. The summed E-state index contributed by atoms with van der Waals surface area (Å²) in [6.07, 6.45) is 3.31. The minimum atomic E-state index is -0.782. The van der Waals surface area contributed by atoms with Crippen LogP contribution >= 0.6 is 15.9 Å². The molecule has 0 radical (unpaired) electrons. The number of hydrogen-bond acceptors (Lipinski definition) is 3. The molecule has 1 aliphatic rings. The third-order valence-electron chi connectivity index (χ3n) is 3.08. The molecule has 1 aromatic heterocycles. The van der Waals surface area contributed by atoms with Crippen LogP contribution in [0.15, 0.2) is 4.60 Å². The zero-order chi connectivity index (χ0) is 11.1. The molecule has 0 saturated heterocycles. The van der Waals surface area contributed by atoms with E-state index in [1.54, 1.807) is 4.68 Å². The van der Waals surface area contributed by atoms with Crippen molar-refractivity contribution >= 4 is 15.9 Å². The van der Waals surface area contributed by atoms with Crippen molar-refractivity contribution < 1.29 is 5.11 Å². The van der Waals surface area contributed by atoms with E-state index in [0.29, 0.717) is 13.0 Å². The van der Waals surface area contributed by atoms with Gasteiger partial charge in [0, 0.05) is 12.6 Å². The van der Waals surface area contributed by atoms with E-state index in [2.05, 4.69) is 21.0 Å². The van der Waals surface area contributed by atoms with Crippen molar-refractivity contribution in [2.75, 3.05) is 6.54 Å². The van der Waals surface area contributed by atoms with Crippen LogP contribution in [0.5, 0.6) is 0 Å². The second-order valence-electron chi connectivity index (χ2n) is 4.16. The molecule has 0 fully saturated rings. The SMILES string of the molecule is Cn1nc2c(c1Br)C(O)(CCN)CCC2. The van der Waals surface area contributed by atoms with E-state index in [0.717, 1.165) is 35.1 Å². The molecule has 3 N–H and O–H groups in total. The van der Waals surface area contributed by atoms with Crippen LogP contribution in [0.2, 0.25) is 0 Å². The van der Waals surface area contributed by atoms with Gasteiger partial charge >= 0.3 is 0 Å². The minimum absolute atomic E-state index is 0.497. The zero-order valence-corrected chi connectivity index (χ0v) is 10.4. The highest BCUT2D eigenvalue weighted by Crippen LogP contribution is 2.41. The molecule has 0 saturated carbocycles. The monoisotopic (exact) mass is 273 g/mol. The van der Waals surface area contributed by atoms with Gasteiger partial charge in [-0.25, -0.2) is 0 Å². The topological polar surface area (TPSA) is 64.1 Å². The summed E-state index contributed by atoms with van der Waals surface area (Å²) in [6, 6.07) is 0. The van der Waals surface area contributed by atoms with Crippen LogP contribution < -0.4 is 5.73 Å². The molecule has 5 heteroatoms. The van der Waals surface area contributed by atoms with Gasteiger partial charge in [-0.1, -0.05) is 0 Å². The number of halogens is 1. The first-order chi connectivity index (χ1) is 7.08. The summed E-state index contributed by atoms with van der Waals surface area (Å²) >= 11 is 3.48. The summed E-state index contributed by atoms with van der Waals surface area (Å²) in [4.78, 5) is 0. The lowest BCUT2D eigenvalue weighted by molar-refractivity contribution is 0.0117. The number of hydrogen-bond donors (Lipinski definition) is 2. The highest BCUT2D eigenvalue weighted by Gasteiger charge is 2.38. The van der Waals surface area contributed by atoms with Crippen LogP contribution in [0.1, 0.15) is 30.5 Å². The molecule has 2 rings (SSSR count). The Kier molecular flexibility index (Phi) is 2.87. The lowest BCUT2D eigenvalue weighted by Crippen LogP contribution is -2.32. The molecule has 0 aliphatic heterocycles. The molecule has 0 aromatic carbocycles. The number of aryl methyl sites for hydroxylation is 2. The van der Waals surface area contributed by atoms with E-state index in [1.807, 2.05) is 7.05 Å². The maximum Gasteiger partial charge on any atom is 0.110 e. The van der Waals surface area contributed by atoms with Crippen LogP contribution in [0, 0.1) is 0 Å². The van der Waals surface area contributed by atoms with E-state index in [4.69, 9.17) is 5.73 Å². The summed E-state index contributed by atoms with van der Waals surface area (Å²) in [6.45, 7) is 0.497. The first-order valence-electron chi connectivity index (χ1n) is 5.23. The Morgan fingerprint density at radius 2 is 2.40 bits per heavy atom. The van der Waals surface area contributed by atoms with Gasteiger partial charge in [0.15, 0.2) is 0 Å². The van der Waals surface area contributed by atoms with Crippen LogP contribution in [0.3, 0.4) is 0 Å². The van der Waals surface area contributed by atoms with E-state index in [9.17, 15) is 5.11 Å². The zero-order valence-electron chi connectivity index (χ0n) is 8.83. The Balaban J connectivity index is 2.49. The van der Waals surface area contributed by atoms with Crippen molar-refractivity contribution in [3.63, 3.8) is 0 Å². The summed E-state index contributed by atoms with van der Waals surface area (Å²) < 4.78 is 2.66. The third kappa shape index (κ3) is 1.73. The number of nitrogens with zero attached hydrogens (tertiary/aromatic N) is 2. The molecule has 1 aromatic rings. The molecule has 0 spiro atoms. The maximum atomic E-state index is 10.6. The summed E-state index contributed by atoms with van der Waals surface area (Å²) in [7, 11) is 1.88.